The van der Waals surface area contributed by atoms with Gasteiger partial charge in [-0.3, -0.25) is 4.79 Å². The molecule has 1 aliphatic rings. The van der Waals surface area contributed by atoms with Crippen molar-refractivity contribution in [3.8, 4) is 0 Å². The molecular formula is C16H18F2N2O4. The van der Waals surface area contributed by atoms with E-state index in [-0.39, 0.29) is 18.4 Å². The third-order valence-corrected chi connectivity index (χ3v) is 4.07. The second-order valence-electron chi connectivity index (χ2n) is 5.88. The van der Waals surface area contributed by atoms with Crippen molar-refractivity contribution in [1.82, 2.24) is 4.90 Å². The fourth-order valence-corrected chi connectivity index (χ4v) is 2.75. The number of nitrogens with zero attached hydrogens (tertiary/aromatic N) is 1. The van der Waals surface area contributed by atoms with Crippen molar-refractivity contribution < 1.29 is 27.9 Å². The molecule has 1 amide bonds. The van der Waals surface area contributed by atoms with Gasteiger partial charge in [0.25, 0.3) is 0 Å². The van der Waals surface area contributed by atoms with E-state index in [4.69, 9.17) is 5.73 Å². The normalized spacial score (nSPS) is 23.3. The molecule has 1 aliphatic carbocycles. The molecule has 1 aromatic rings. The van der Waals surface area contributed by atoms with Gasteiger partial charge in [-0.2, -0.15) is 0 Å². The molecule has 3 atom stereocenters. The molecule has 6 nitrogen and oxygen atoms in total. The Morgan fingerprint density at radius 1 is 1.42 bits per heavy atom. The molecule has 0 bridgehead atoms. The van der Waals surface area contributed by atoms with Gasteiger partial charge in [0.15, 0.2) is 0 Å². The van der Waals surface area contributed by atoms with Crippen LogP contribution in [-0.2, 0) is 25.5 Å². The predicted molar refractivity (Wildman–Crippen MR) is 79.8 cm³/mol. The van der Waals surface area contributed by atoms with Gasteiger partial charge in [0.2, 0.25) is 5.91 Å². The molecule has 8 heteroatoms. The van der Waals surface area contributed by atoms with Crippen LogP contribution in [0.4, 0.5) is 8.78 Å². The molecule has 2 N–H and O–H groups in total. The maximum absolute atomic E-state index is 13.2. The molecule has 0 aromatic heterocycles. The minimum atomic E-state index is -1.37. The standard InChI is InChI=1S/C16H18F2N2O4/c1-9(8-21)20(13-7-16(13,19)15(23)24-2)14(22)5-10-3-11(17)6-12(18)4-10/h3-4,6,8-9,13H,5,7,19H2,1-2H3/t9-,13?,16?/m0/s1. The number of nitrogens with two attached hydrogens (primary N) is 1. The largest absolute Gasteiger partial charge is 0.468 e. The van der Waals surface area contributed by atoms with E-state index < -0.39 is 41.1 Å². The smallest absolute Gasteiger partial charge is 0.328 e. The van der Waals surface area contributed by atoms with E-state index in [0.29, 0.717) is 12.4 Å². The second kappa shape index (κ2) is 6.64. The Bertz CT molecular complexity index is 662. The summed E-state index contributed by atoms with van der Waals surface area (Å²) in [5.41, 5.74) is 4.67. The molecule has 1 aromatic carbocycles. The second-order valence-corrected chi connectivity index (χ2v) is 5.88. The Kier molecular flexibility index (Phi) is 4.98. The molecule has 1 fully saturated rings. The van der Waals surface area contributed by atoms with Gasteiger partial charge in [-0.25, -0.2) is 13.6 Å². The van der Waals surface area contributed by atoms with Crippen LogP contribution in [0.15, 0.2) is 18.2 Å². The number of halogens is 2. The third-order valence-electron chi connectivity index (χ3n) is 4.07. The van der Waals surface area contributed by atoms with E-state index in [1.807, 2.05) is 0 Å². The summed E-state index contributed by atoms with van der Waals surface area (Å²) in [6.07, 6.45) is 0.377. The molecule has 2 unspecified atom stereocenters. The van der Waals surface area contributed by atoms with Crippen LogP contribution in [0.25, 0.3) is 0 Å². The molecule has 0 spiro atoms. The molecule has 24 heavy (non-hydrogen) atoms. The van der Waals surface area contributed by atoms with Crippen molar-refractivity contribution in [3.05, 3.63) is 35.4 Å². The quantitative estimate of drug-likeness (QED) is 0.604. The summed E-state index contributed by atoms with van der Waals surface area (Å²) in [7, 11) is 1.18. The number of amides is 1. The number of methoxy groups -OCH3 is 1. The van der Waals surface area contributed by atoms with Crippen LogP contribution in [0.2, 0.25) is 0 Å². The number of aldehydes is 1. The van der Waals surface area contributed by atoms with Crippen LogP contribution in [0.1, 0.15) is 18.9 Å². The Balaban J connectivity index is 2.21. The van der Waals surface area contributed by atoms with E-state index >= 15 is 0 Å². The van der Waals surface area contributed by atoms with Crippen LogP contribution in [0, 0.1) is 11.6 Å². The Labute approximate surface area is 137 Å². The maximum atomic E-state index is 13.2. The molecule has 0 saturated heterocycles. The zero-order chi connectivity index (χ0) is 18.1. The van der Waals surface area contributed by atoms with Crippen molar-refractivity contribution in [2.24, 2.45) is 5.73 Å². The van der Waals surface area contributed by atoms with E-state index in [1.54, 1.807) is 0 Å². The summed E-state index contributed by atoms with van der Waals surface area (Å²) in [6, 6.07) is 1.23. The Morgan fingerprint density at radius 3 is 2.50 bits per heavy atom. The van der Waals surface area contributed by atoms with Crippen LogP contribution in [0.5, 0.6) is 0 Å². The molecule has 2 rings (SSSR count). The van der Waals surface area contributed by atoms with Gasteiger partial charge in [-0.15, -0.1) is 0 Å². The summed E-state index contributed by atoms with van der Waals surface area (Å²) in [5.74, 6) is -2.84. The Morgan fingerprint density at radius 2 is 2.00 bits per heavy atom. The number of carbonyl (C=O) groups excluding carboxylic acids is 3. The van der Waals surface area contributed by atoms with Gasteiger partial charge in [0, 0.05) is 12.5 Å². The Hall–Kier alpha value is -2.35. The van der Waals surface area contributed by atoms with Gasteiger partial charge in [0.05, 0.1) is 25.6 Å². The van der Waals surface area contributed by atoms with Gasteiger partial charge in [-0.05, 0) is 24.6 Å². The molecule has 0 heterocycles. The number of benzene rings is 1. The summed E-state index contributed by atoms with van der Waals surface area (Å²) in [6.45, 7) is 1.48. The van der Waals surface area contributed by atoms with Crippen molar-refractivity contribution in [1.29, 1.82) is 0 Å². The van der Waals surface area contributed by atoms with Crippen molar-refractivity contribution >= 4 is 18.2 Å². The number of ether oxygens (including phenoxy) is 1. The van der Waals surface area contributed by atoms with Crippen LogP contribution in [-0.4, -0.2) is 47.8 Å². The lowest BCUT2D eigenvalue weighted by molar-refractivity contribution is -0.145. The highest BCUT2D eigenvalue weighted by atomic mass is 19.1. The molecule has 0 radical (unpaired) electrons. The molecule has 0 aliphatic heterocycles. The first-order chi connectivity index (χ1) is 11.2. The first-order valence-corrected chi connectivity index (χ1v) is 7.31. The van der Waals surface area contributed by atoms with E-state index in [0.717, 1.165) is 12.1 Å². The van der Waals surface area contributed by atoms with E-state index in [9.17, 15) is 23.2 Å². The topological polar surface area (TPSA) is 89.7 Å². The SMILES string of the molecule is COC(=O)C1(N)CC1N(C(=O)Cc1cc(F)cc(F)c1)[C@@H](C)C=O. The lowest BCUT2D eigenvalue weighted by Crippen LogP contribution is -2.50. The number of hydrogen-bond acceptors (Lipinski definition) is 5. The van der Waals surface area contributed by atoms with Crippen LogP contribution < -0.4 is 5.73 Å². The van der Waals surface area contributed by atoms with E-state index in [2.05, 4.69) is 4.74 Å². The highest BCUT2D eigenvalue weighted by Gasteiger charge is 2.62. The van der Waals surface area contributed by atoms with Crippen molar-refractivity contribution in [3.63, 3.8) is 0 Å². The zero-order valence-electron chi connectivity index (χ0n) is 13.3. The van der Waals surface area contributed by atoms with Crippen molar-refractivity contribution in [2.75, 3.05) is 7.11 Å². The van der Waals surface area contributed by atoms with Crippen molar-refractivity contribution in [2.45, 2.75) is 37.4 Å². The highest BCUT2D eigenvalue weighted by molar-refractivity contribution is 5.89. The fraction of sp³-hybridized carbons (Fsp3) is 0.438. The van der Waals surface area contributed by atoms with Crippen LogP contribution in [0.3, 0.4) is 0 Å². The number of hydrogen-bond donors (Lipinski definition) is 1. The lowest BCUT2D eigenvalue weighted by atomic mass is 10.1. The van der Waals surface area contributed by atoms with Gasteiger partial charge < -0.3 is 20.2 Å². The molecule has 1 saturated carbocycles. The third kappa shape index (κ3) is 3.43. The number of rotatable bonds is 6. The summed E-state index contributed by atoms with van der Waals surface area (Å²) in [4.78, 5) is 36.5. The summed E-state index contributed by atoms with van der Waals surface area (Å²) >= 11 is 0. The number of carbonyl (C=O) groups is 3. The monoisotopic (exact) mass is 340 g/mol. The predicted octanol–water partition coefficient (Wildman–Crippen LogP) is 0.566. The minimum absolute atomic E-state index is 0.127. The van der Waals surface area contributed by atoms with Gasteiger partial charge >= 0.3 is 5.97 Å². The average molecular weight is 340 g/mol. The molecular weight excluding hydrogens is 322 g/mol. The molecule has 130 valence electrons. The summed E-state index contributed by atoms with van der Waals surface area (Å²) < 4.78 is 31.1. The fourth-order valence-electron chi connectivity index (χ4n) is 2.75. The maximum Gasteiger partial charge on any atom is 0.328 e. The first kappa shape index (κ1) is 18.0. The average Bonchev–Trinajstić information content (AvgIpc) is 3.17. The first-order valence-electron chi connectivity index (χ1n) is 7.31. The minimum Gasteiger partial charge on any atom is -0.468 e. The van der Waals surface area contributed by atoms with Gasteiger partial charge in [0.1, 0.15) is 23.5 Å². The lowest BCUT2D eigenvalue weighted by Gasteiger charge is -2.27. The van der Waals surface area contributed by atoms with Crippen LogP contribution >= 0.6 is 0 Å². The zero-order valence-corrected chi connectivity index (χ0v) is 13.3. The van der Waals surface area contributed by atoms with E-state index in [1.165, 1.54) is 18.9 Å². The highest BCUT2D eigenvalue weighted by Crippen LogP contribution is 2.40. The van der Waals surface area contributed by atoms with Gasteiger partial charge in [-0.1, -0.05) is 0 Å². The number of esters is 1. The summed E-state index contributed by atoms with van der Waals surface area (Å²) in [5, 5.41) is 0.